The van der Waals surface area contributed by atoms with Crippen molar-refractivity contribution in [3.63, 3.8) is 0 Å². The molecule has 1 aromatic carbocycles. The highest BCUT2D eigenvalue weighted by Crippen LogP contribution is 2.25. The molecule has 0 bridgehead atoms. The maximum absolute atomic E-state index is 12.2. The van der Waals surface area contributed by atoms with E-state index in [1.54, 1.807) is 11.0 Å². The van der Waals surface area contributed by atoms with Crippen LogP contribution in [0, 0.1) is 0 Å². The first kappa shape index (κ1) is 16.0. The standard InChI is InChI=1S/C17H19NO4S/c1-11-8-18(9-12(2)22-11)16(19)10-21-17(20)15-7-13-5-3-4-6-14(13)23-15/h3-7,11-12H,8-10H2,1-2H3/t11-,12-/m0/s1. The minimum atomic E-state index is -0.450. The molecule has 2 atom stereocenters. The Labute approximate surface area is 138 Å². The molecular weight excluding hydrogens is 314 g/mol. The molecule has 0 aliphatic carbocycles. The third-order valence-corrected chi connectivity index (χ3v) is 4.82. The molecule has 0 N–H and O–H groups in total. The molecule has 6 heteroatoms. The Morgan fingerprint density at radius 3 is 2.65 bits per heavy atom. The largest absolute Gasteiger partial charge is 0.451 e. The summed E-state index contributed by atoms with van der Waals surface area (Å²) in [5.41, 5.74) is 0. The van der Waals surface area contributed by atoms with Crippen molar-refractivity contribution in [2.75, 3.05) is 19.7 Å². The maximum Gasteiger partial charge on any atom is 0.348 e. The summed E-state index contributed by atoms with van der Waals surface area (Å²) in [5.74, 6) is -0.629. The fourth-order valence-electron chi connectivity index (χ4n) is 2.75. The lowest BCUT2D eigenvalue weighted by molar-refractivity contribution is -0.146. The average Bonchev–Trinajstić information content (AvgIpc) is 2.95. The minimum Gasteiger partial charge on any atom is -0.451 e. The number of morpholine rings is 1. The van der Waals surface area contributed by atoms with Gasteiger partial charge in [-0.15, -0.1) is 11.3 Å². The summed E-state index contributed by atoms with van der Waals surface area (Å²) in [6, 6.07) is 9.56. The summed E-state index contributed by atoms with van der Waals surface area (Å²) in [6.07, 6.45) is 0.00185. The van der Waals surface area contributed by atoms with Gasteiger partial charge >= 0.3 is 5.97 Å². The van der Waals surface area contributed by atoms with Crippen molar-refractivity contribution >= 4 is 33.3 Å². The predicted octanol–water partition coefficient (Wildman–Crippen LogP) is 2.69. The van der Waals surface area contributed by atoms with E-state index in [0.717, 1.165) is 10.1 Å². The molecule has 2 aromatic rings. The second-order valence-corrected chi connectivity index (χ2v) is 6.86. The number of hydrogen-bond acceptors (Lipinski definition) is 5. The van der Waals surface area contributed by atoms with Gasteiger partial charge in [0, 0.05) is 17.8 Å². The predicted molar refractivity (Wildman–Crippen MR) is 88.7 cm³/mol. The molecule has 1 aliphatic heterocycles. The minimum absolute atomic E-state index is 0.000923. The zero-order valence-electron chi connectivity index (χ0n) is 13.2. The molecule has 1 aromatic heterocycles. The van der Waals surface area contributed by atoms with Gasteiger partial charge in [0.25, 0.3) is 5.91 Å². The first-order chi connectivity index (χ1) is 11.0. The Bertz CT molecular complexity index is 683. The third-order valence-electron chi connectivity index (χ3n) is 3.73. The molecule has 23 heavy (non-hydrogen) atoms. The van der Waals surface area contributed by atoms with Crippen LogP contribution in [0.25, 0.3) is 10.1 Å². The van der Waals surface area contributed by atoms with Crippen LogP contribution in [0.5, 0.6) is 0 Å². The van der Waals surface area contributed by atoms with Crippen molar-refractivity contribution in [3.05, 3.63) is 35.2 Å². The monoisotopic (exact) mass is 333 g/mol. The number of nitrogens with zero attached hydrogens (tertiary/aromatic N) is 1. The fraction of sp³-hybridized carbons (Fsp3) is 0.412. The first-order valence-corrected chi connectivity index (χ1v) is 8.43. The highest BCUT2D eigenvalue weighted by molar-refractivity contribution is 7.20. The number of carbonyl (C=O) groups excluding carboxylic acids is 2. The molecule has 122 valence electrons. The molecule has 3 rings (SSSR count). The molecule has 1 fully saturated rings. The molecular formula is C17H19NO4S. The molecule has 0 saturated carbocycles. The van der Waals surface area contributed by atoms with Gasteiger partial charge in [-0.25, -0.2) is 4.79 Å². The second-order valence-electron chi connectivity index (χ2n) is 5.78. The lowest BCUT2D eigenvalue weighted by atomic mass is 10.2. The van der Waals surface area contributed by atoms with Crippen LogP contribution >= 0.6 is 11.3 Å². The Hall–Kier alpha value is -1.92. The van der Waals surface area contributed by atoms with E-state index >= 15 is 0 Å². The molecule has 2 heterocycles. The van der Waals surface area contributed by atoms with E-state index in [1.165, 1.54) is 11.3 Å². The van der Waals surface area contributed by atoms with E-state index in [1.807, 2.05) is 38.1 Å². The molecule has 0 unspecified atom stereocenters. The van der Waals surface area contributed by atoms with Gasteiger partial charge in [0.2, 0.25) is 0 Å². The summed E-state index contributed by atoms with van der Waals surface area (Å²) >= 11 is 1.37. The van der Waals surface area contributed by atoms with Crippen LogP contribution in [0.1, 0.15) is 23.5 Å². The zero-order valence-corrected chi connectivity index (χ0v) is 14.0. The van der Waals surface area contributed by atoms with Crippen LogP contribution in [0.15, 0.2) is 30.3 Å². The number of carbonyl (C=O) groups is 2. The van der Waals surface area contributed by atoms with E-state index in [9.17, 15) is 9.59 Å². The summed E-state index contributed by atoms with van der Waals surface area (Å²) in [5, 5.41) is 1.01. The number of benzene rings is 1. The summed E-state index contributed by atoms with van der Waals surface area (Å²) < 4.78 is 11.8. The van der Waals surface area contributed by atoms with Crippen LogP contribution < -0.4 is 0 Å². The van der Waals surface area contributed by atoms with Crippen molar-refractivity contribution in [2.45, 2.75) is 26.1 Å². The maximum atomic E-state index is 12.2. The SMILES string of the molecule is C[C@H]1CN(C(=O)COC(=O)c2cc3ccccc3s2)C[C@H](C)O1. The topological polar surface area (TPSA) is 55.8 Å². The molecule has 1 aliphatic rings. The van der Waals surface area contributed by atoms with E-state index in [0.29, 0.717) is 18.0 Å². The summed E-state index contributed by atoms with van der Waals surface area (Å²) in [6.45, 7) is 4.69. The Kier molecular flexibility index (Phi) is 4.63. The molecule has 0 spiro atoms. The van der Waals surface area contributed by atoms with Crippen molar-refractivity contribution in [3.8, 4) is 0 Å². The highest BCUT2D eigenvalue weighted by atomic mass is 32.1. The van der Waals surface area contributed by atoms with Crippen LogP contribution in [0.3, 0.4) is 0 Å². The number of hydrogen-bond donors (Lipinski definition) is 0. The van der Waals surface area contributed by atoms with Crippen molar-refractivity contribution in [2.24, 2.45) is 0 Å². The first-order valence-electron chi connectivity index (χ1n) is 7.62. The van der Waals surface area contributed by atoms with Gasteiger partial charge in [-0.1, -0.05) is 18.2 Å². The van der Waals surface area contributed by atoms with E-state index in [2.05, 4.69) is 0 Å². The second kappa shape index (κ2) is 6.68. The smallest absolute Gasteiger partial charge is 0.348 e. The van der Waals surface area contributed by atoms with Gasteiger partial charge in [-0.3, -0.25) is 4.79 Å². The molecule has 0 radical (unpaired) electrons. The number of esters is 1. The lowest BCUT2D eigenvalue weighted by Crippen LogP contribution is -2.49. The van der Waals surface area contributed by atoms with Gasteiger partial charge in [-0.2, -0.15) is 0 Å². The average molecular weight is 333 g/mol. The summed E-state index contributed by atoms with van der Waals surface area (Å²) in [4.78, 5) is 26.5. The molecule has 1 amide bonds. The molecule has 5 nitrogen and oxygen atoms in total. The van der Waals surface area contributed by atoms with Gasteiger partial charge in [-0.05, 0) is 31.4 Å². The van der Waals surface area contributed by atoms with E-state index < -0.39 is 5.97 Å². The van der Waals surface area contributed by atoms with Gasteiger partial charge < -0.3 is 14.4 Å². The Balaban J connectivity index is 1.59. The zero-order chi connectivity index (χ0) is 16.4. The highest BCUT2D eigenvalue weighted by Gasteiger charge is 2.26. The quantitative estimate of drug-likeness (QED) is 0.811. The third kappa shape index (κ3) is 3.71. The van der Waals surface area contributed by atoms with Crippen molar-refractivity contribution < 1.29 is 19.1 Å². The summed E-state index contributed by atoms with van der Waals surface area (Å²) in [7, 11) is 0. The normalized spacial score (nSPS) is 21.4. The fourth-order valence-corrected chi connectivity index (χ4v) is 3.71. The lowest BCUT2D eigenvalue weighted by Gasteiger charge is -2.35. The number of ether oxygens (including phenoxy) is 2. The van der Waals surface area contributed by atoms with Crippen LogP contribution in [0.2, 0.25) is 0 Å². The number of fused-ring (bicyclic) bond motifs is 1. The van der Waals surface area contributed by atoms with Gasteiger partial charge in [0.15, 0.2) is 6.61 Å². The number of rotatable bonds is 3. The van der Waals surface area contributed by atoms with Gasteiger partial charge in [0.05, 0.1) is 12.2 Å². The molecule has 1 saturated heterocycles. The van der Waals surface area contributed by atoms with E-state index in [-0.39, 0.29) is 24.7 Å². The van der Waals surface area contributed by atoms with Crippen LogP contribution in [0.4, 0.5) is 0 Å². The number of amides is 1. The number of thiophene rings is 1. The van der Waals surface area contributed by atoms with Crippen LogP contribution in [-0.2, 0) is 14.3 Å². The van der Waals surface area contributed by atoms with Crippen molar-refractivity contribution in [1.82, 2.24) is 4.90 Å². The van der Waals surface area contributed by atoms with Crippen LogP contribution in [-0.4, -0.2) is 48.7 Å². The van der Waals surface area contributed by atoms with Crippen molar-refractivity contribution in [1.29, 1.82) is 0 Å². The Morgan fingerprint density at radius 1 is 1.26 bits per heavy atom. The van der Waals surface area contributed by atoms with Gasteiger partial charge in [0.1, 0.15) is 4.88 Å². The Morgan fingerprint density at radius 2 is 1.96 bits per heavy atom. The van der Waals surface area contributed by atoms with E-state index in [4.69, 9.17) is 9.47 Å².